The number of fused-ring (bicyclic) bond motifs is 2. The maximum atomic E-state index is 12.3. The summed E-state index contributed by atoms with van der Waals surface area (Å²) in [7, 11) is 0. The minimum absolute atomic E-state index is 0.167. The van der Waals surface area contributed by atoms with Gasteiger partial charge in [-0.05, 0) is 41.3 Å². The molecule has 146 valence electrons. The molecular formula is C25H23NO3. The van der Waals surface area contributed by atoms with Crippen LogP contribution in [0.3, 0.4) is 0 Å². The quantitative estimate of drug-likeness (QED) is 0.458. The molecule has 0 aromatic heterocycles. The average molecular weight is 385 g/mol. The summed E-state index contributed by atoms with van der Waals surface area (Å²) in [6.45, 7) is 2.55. The second-order valence-electron chi connectivity index (χ2n) is 6.89. The van der Waals surface area contributed by atoms with Crippen molar-refractivity contribution in [3.63, 3.8) is 0 Å². The van der Waals surface area contributed by atoms with Crippen molar-refractivity contribution in [2.75, 3.05) is 13.2 Å². The number of carbonyl (C=O) groups excluding carboxylic acids is 1. The lowest BCUT2D eigenvalue weighted by Crippen LogP contribution is -2.38. The van der Waals surface area contributed by atoms with E-state index in [4.69, 9.17) is 9.47 Å². The summed E-state index contributed by atoms with van der Waals surface area (Å²) < 4.78 is 11.7. The van der Waals surface area contributed by atoms with E-state index in [-0.39, 0.29) is 5.91 Å². The molecule has 4 aromatic rings. The van der Waals surface area contributed by atoms with Crippen LogP contribution in [0.5, 0.6) is 11.5 Å². The van der Waals surface area contributed by atoms with Crippen LogP contribution in [0, 0.1) is 0 Å². The summed E-state index contributed by atoms with van der Waals surface area (Å²) in [5.74, 6) is 1.33. The minimum Gasteiger partial charge on any atom is -0.491 e. The van der Waals surface area contributed by atoms with E-state index in [0.29, 0.717) is 18.9 Å². The Morgan fingerprint density at radius 2 is 1.59 bits per heavy atom. The van der Waals surface area contributed by atoms with Crippen molar-refractivity contribution in [2.24, 2.45) is 0 Å². The van der Waals surface area contributed by atoms with E-state index in [1.54, 1.807) is 6.92 Å². The summed E-state index contributed by atoms with van der Waals surface area (Å²) in [6.07, 6.45) is -0.589. The van der Waals surface area contributed by atoms with Crippen LogP contribution < -0.4 is 14.8 Å². The monoisotopic (exact) mass is 385 g/mol. The van der Waals surface area contributed by atoms with E-state index in [2.05, 4.69) is 17.4 Å². The SMILES string of the molecule is C[C@H](Oc1ccc2ccccc2c1)C(=O)NCCOc1cccc2ccccc12. The number of nitrogens with one attached hydrogen (secondary N) is 1. The van der Waals surface area contributed by atoms with Gasteiger partial charge in [0.25, 0.3) is 5.91 Å². The molecule has 0 fully saturated rings. The number of hydrogen-bond donors (Lipinski definition) is 1. The highest BCUT2D eigenvalue weighted by molar-refractivity contribution is 5.88. The summed E-state index contributed by atoms with van der Waals surface area (Å²) >= 11 is 0. The molecule has 4 nitrogen and oxygen atoms in total. The van der Waals surface area contributed by atoms with Gasteiger partial charge in [-0.3, -0.25) is 4.79 Å². The van der Waals surface area contributed by atoms with Gasteiger partial charge in [0.05, 0.1) is 6.54 Å². The summed E-state index contributed by atoms with van der Waals surface area (Å²) in [5, 5.41) is 7.29. The van der Waals surface area contributed by atoms with Gasteiger partial charge in [0, 0.05) is 5.39 Å². The van der Waals surface area contributed by atoms with Crippen LogP contribution in [0.15, 0.2) is 84.9 Å². The van der Waals surface area contributed by atoms with Gasteiger partial charge in [-0.15, -0.1) is 0 Å². The molecule has 0 unspecified atom stereocenters. The third kappa shape index (κ3) is 4.49. The number of amides is 1. The van der Waals surface area contributed by atoms with Gasteiger partial charge in [-0.1, -0.05) is 66.7 Å². The Labute approximate surface area is 170 Å². The Morgan fingerprint density at radius 3 is 2.45 bits per heavy atom. The smallest absolute Gasteiger partial charge is 0.260 e. The number of rotatable bonds is 7. The second-order valence-corrected chi connectivity index (χ2v) is 6.89. The van der Waals surface area contributed by atoms with Crippen LogP contribution >= 0.6 is 0 Å². The zero-order valence-corrected chi connectivity index (χ0v) is 16.3. The van der Waals surface area contributed by atoms with Crippen molar-refractivity contribution in [3.05, 3.63) is 84.9 Å². The first-order chi connectivity index (χ1) is 14.2. The summed E-state index contributed by atoms with van der Waals surface area (Å²) in [4.78, 5) is 12.3. The molecule has 1 N–H and O–H groups in total. The molecule has 0 radical (unpaired) electrons. The lowest BCUT2D eigenvalue weighted by atomic mass is 10.1. The molecule has 0 bridgehead atoms. The van der Waals surface area contributed by atoms with Gasteiger partial charge >= 0.3 is 0 Å². The highest BCUT2D eigenvalue weighted by atomic mass is 16.5. The fourth-order valence-electron chi connectivity index (χ4n) is 3.30. The van der Waals surface area contributed by atoms with E-state index in [1.807, 2.05) is 72.8 Å². The molecular weight excluding hydrogens is 362 g/mol. The van der Waals surface area contributed by atoms with E-state index in [1.165, 1.54) is 0 Å². The Balaban J connectivity index is 1.28. The van der Waals surface area contributed by atoms with Gasteiger partial charge in [0.15, 0.2) is 6.10 Å². The molecule has 0 aliphatic rings. The van der Waals surface area contributed by atoms with Crippen molar-refractivity contribution < 1.29 is 14.3 Å². The Hall–Kier alpha value is -3.53. The molecule has 4 aromatic carbocycles. The normalized spacial score (nSPS) is 11.9. The first-order valence-electron chi connectivity index (χ1n) is 9.74. The molecule has 29 heavy (non-hydrogen) atoms. The topological polar surface area (TPSA) is 47.6 Å². The fraction of sp³-hybridized carbons (Fsp3) is 0.160. The number of hydrogen-bond acceptors (Lipinski definition) is 3. The average Bonchev–Trinajstić information content (AvgIpc) is 2.76. The van der Waals surface area contributed by atoms with Gasteiger partial charge in [-0.2, -0.15) is 0 Å². The maximum Gasteiger partial charge on any atom is 0.260 e. The highest BCUT2D eigenvalue weighted by Gasteiger charge is 2.14. The first-order valence-corrected chi connectivity index (χ1v) is 9.74. The summed E-state index contributed by atoms with van der Waals surface area (Å²) in [6, 6.07) is 27.9. The molecule has 4 heteroatoms. The number of benzene rings is 4. The van der Waals surface area contributed by atoms with Gasteiger partial charge < -0.3 is 14.8 Å². The molecule has 0 saturated carbocycles. The maximum absolute atomic E-state index is 12.3. The first kappa shape index (κ1) is 18.8. The zero-order chi connectivity index (χ0) is 20.1. The Bertz CT molecular complexity index is 1130. The number of ether oxygens (including phenoxy) is 2. The van der Waals surface area contributed by atoms with Crippen LogP contribution in [-0.2, 0) is 4.79 Å². The lowest BCUT2D eigenvalue weighted by Gasteiger charge is -2.15. The van der Waals surface area contributed by atoms with Crippen LogP contribution in [0.2, 0.25) is 0 Å². The van der Waals surface area contributed by atoms with Crippen LogP contribution in [0.1, 0.15) is 6.92 Å². The van der Waals surface area contributed by atoms with Crippen LogP contribution in [-0.4, -0.2) is 25.2 Å². The highest BCUT2D eigenvalue weighted by Crippen LogP contribution is 2.25. The van der Waals surface area contributed by atoms with E-state index in [0.717, 1.165) is 27.3 Å². The number of carbonyl (C=O) groups is 1. The largest absolute Gasteiger partial charge is 0.491 e. The van der Waals surface area contributed by atoms with Crippen molar-refractivity contribution >= 4 is 27.5 Å². The van der Waals surface area contributed by atoms with Gasteiger partial charge in [0.2, 0.25) is 0 Å². The van der Waals surface area contributed by atoms with Crippen molar-refractivity contribution in [1.29, 1.82) is 0 Å². The molecule has 1 atom stereocenters. The molecule has 4 rings (SSSR count). The molecule has 0 saturated heterocycles. The molecule has 0 spiro atoms. The van der Waals surface area contributed by atoms with Crippen LogP contribution in [0.4, 0.5) is 0 Å². The molecule has 0 aliphatic carbocycles. The van der Waals surface area contributed by atoms with Crippen molar-refractivity contribution in [1.82, 2.24) is 5.32 Å². The van der Waals surface area contributed by atoms with Crippen LogP contribution in [0.25, 0.3) is 21.5 Å². The second kappa shape index (κ2) is 8.65. The van der Waals surface area contributed by atoms with Crippen molar-refractivity contribution in [2.45, 2.75) is 13.0 Å². The lowest BCUT2D eigenvalue weighted by molar-refractivity contribution is -0.127. The van der Waals surface area contributed by atoms with Gasteiger partial charge in [-0.25, -0.2) is 0 Å². The predicted octanol–water partition coefficient (Wildman–Crippen LogP) is 4.96. The molecule has 0 aliphatic heterocycles. The standard InChI is InChI=1S/C25H23NO3/c1-18(29-22-14-13-19-7-2-3-9-21(19)17-22)25(27)26-15-16-28-24-12-6-10-20-8-4-5-11-23(20)24/h2-14,17-18H,15-16H2,1H3,(H,26,27)/t18-/m0/s1. The van der Waals surface area contributed by atoms with Gasteiger partial charge in [0.1, 0.15) is 18.1 Å². The fourth-order valence-corrected chi connectivity index (χ4v) is 3.30. The van der Waals surface area contributed by atoms with E-state index < -0.39 is 6.10 Å². The van der Waals surface area contributed by atoms with Crippen molar-refractivity contribution in [3.8, 4) is 11.5 Å². The summed E-state index contributed by atoms with van der Waals surface area (Å²) in [5.41, 5.74) is 0. The third-order valence-electron chi connectivity index (χ3n) is 4.81. The molecule has 1 amide bonds. The van der Waals surface area contributed by atoms with E-state index in [9.17, 15) is 4.79 Å². The Kier molecular flexibility index (Phi) is 5.61. The van der Waals surface area contributed by atoms with E-state index >= 15 is 0 Å². The minimum atomic E-state index is -0.589. The zero-order valence-electron chi connectivity index (χ0n) is 16.3. The predicted molar refractivity (Wildman–Crippen MR) is 116 cm³/mol. The molecule has 0 heterocycles. The Morgan fingerprint density at radius 1 is 0.862 bits per heavy atom. The third-order valence-corrected chi connectivity index (χ3v) is 4.81.